The fourth-order valence-electron chi connectivity index (χ4n) is 2.38. The van der Waals surface area contributed by atoms with Crippen LogP contribution in [0.25, 0.3) is 0 Å². The molecule has 2 N–H and O–H groups in total. The normalized spacial score (nSPS) is 15.4. The van der Waals surface area contributed by atoms with Gasteiger partial charge in [-0.2, -0.15) is 0 Å². The average molecular weight is 387 g/mol. The van der Waals surface area contributed by atoms with E-state index in [0.29, 0.717) is 6.61 Å². The van der Waals surface area contributed by atoms with Crippen molar-refractivity contribution in [1.82, 2.24) is 4.90 Å². The van der Waals surface area contributed by atoms with Crippen LogP contribution >= 0.6 is 0 Å². The lowest BCUT2D eigenvalue weighted by molar-refractivity contribution is -0.0227. The zero-order valence-electron chi connectivity index (χ0n) is 20.4. The Labute approximate surface area is 170 Å². The summed E-state index contributed by atoms with van der Waals surface area (Å²) in [6.07, 6.45) is 1.13. The maximum absolute atomic E-state index is 6.00. The standard InChI is InChI=1S/C23H50N2O2/c1-19(24)16-27-18-23(9,10)21(5,6)12-13-25(11)14-15-26-17-22(7,8)20(2,3)4/h19H,12-18,24H2,1-11H3. The molecule has 0 aliphatic rings. The zero-order chi connectivity index (χ0) is 21.5. The Morgan fingerprint density at radius 2 is 1.30 bits per heavy atom. The minimum atomic E-state index is 0.0957. The molecule has 4 heteroatoms. The van der Waals surface area contributed by atoms with E-state index in [1.807, 2.05) is 6.92 Å². The van der Waals surface area contributed by atoms with Gasteiger partial charge < -0.3 is 20.1 Å². The number of hydrogen-bond acceptors (Lipinski definition) is 4. The van der Waals surface area contributed by atoms with Crippen molar-refractivity contribution in [3.63, 3.8) is 0 Å². The second-order valence-corrected chi connectivity index (χ2v) is 11.5. The first-order valence-electron chi connectivity index (χ1n) is 10.6. The molecule has 0 bridgehead atoms. The lowest BCUT2D eigenvalue weighted by atomic mass is 9.66. The van der Waals surface area contributed by atoms with Crippen LogP contribution in [0, 0.1) is 21.7 Å². The summed E-state index contributed by atoms with van der Waals surface area (Å²) in [6.45, 7) is 27.7. The van der Waals surface area contributed by atoms with Crippen LogP contribution in [0.5, 0.6) is 0 Å². The Morgan fingerprint density at radius 1 is 0.778 bits per heavy atom. The van der Waals surface area contributed by atoms with Gasteiger partial charge in [0.05, 0.1) is 26.4 Å². The topological polar surface area (TPSA) is 47.7 Å². The van der Waals surface area contributed by atoms with Crippen molar-refractivity contribution in [2.45, 2.75) is 81.7 Å². The largest absolute Gasteiger partial charge is 0.380 e. The molecule has 0 aliphatic carbocycles. The van der Waals surface area contributed by atoms with Gasteiger partial charge in [-0.15, -0.1) is 0 Å². The molecule has 1 unspecified atom stereocenters. The molecule has 0 amide bonds. The monoisotopic (exact) mass is 386 g/mol. The molecule has 4 nitrogen and oxygen atoms in total. The fraction of sp³-hybridized carbons (Fsp3) is 1.00. The van der Waals surface area contributed by atoms with Gasteiger partial charge in [-0.25, -0.2) is 0 Å². The predicted octanol–water partition coefficient (Wildman–Crippen LogP) is 4.81. The third-order valence-electron chi connectivity index (χ3n) is 6.90. The molecular weight excluding hydrogens is 336 g/mol. The summed E-state index contributed by atoms with van der Waals surface area (Å²) in [5, 5.41) is 0. The summed E-state index contributed by atoms with van der Waals surface area (Å²) in [5.74, 6) is 0. The molecule has 0 saturated carbocycles. The van der Waals surface area contributed by atoms with Crippen molar-refractivity contribution in [3.8, 4) is 0 Å². The van der Waals surface area contributed by atoms with Crippen molar-refractivity contribution < 1.29 is 9.47 Å². The summed E-state index contributed by atoms with van der Waals surface area (Å²) < 4.78 is 11.8. The van der Waals surface area contributed by atoms with Crippen LogP contribution in [-0.2, 0) is 9.47 Å². The second-order valence-electron chi connectivity index (χ2n) is 11.5. The van der Waals surface area contributed by atoms with Crippen molar-refractivity contribution in [2.75, 3.05) is 46.6 Å². The third kappa shape index (κ3) is 9.74. The molecule has 0 rings (SSSR count). The number of hydrogen-bond donors (Lipinski definition) is 1. The van der Waals surface area contributed by atoms with E-state index in [1.54, 1.807) is 0 Å². The summed E-state index contributed by atoms with van der Waals surface area (Å²) >= 11 is 0. The molecule has 27 heavy (non-hydrogen) atoms. The molecule has 0 spiro atoms. The zero-order valence-corrected chi connectivity index (χ0v) is 20.4. The minimum absolute atomic E-state index is 0.0957. The van der Waals surface area contributed by atoms with E-state index in [-0.39, 0.29) is 27.7 Å². The Kier molecular flexibility index (Phi) is 10.5. The van der Waals surface area contributed by atoms with Crippen molar-refractivity contribution in [2.24, 2.45) is 27.4 Å². The van der Waals surface area contributed by atoms with Crippen LogP contribution in [0.1, 0.15) is 75.7 Å². The SMILES string of the molecule is CC(N)COCC(C)(C)C(C)(C)CCN(C)CCOCC(C)(C)C(C)(C)C. The predicted molar refractivity (Wildman–Crippen MR) is 118 cm³/mol. The highest BCUT2D eigenvalue weighted by Crippen LogP contribution is 2.41. The van der Waals surface area contributed by atoms with Crippen LogP contribution in [0.2, 0.25) is 0 Å². The van der Waals surface area contributed by atoms with Gasteiger partial charge in [0.1, 0.15) is 0 Å². The van der Waals surface area contributed by atoms with Crippen LogP contribution in [0.3, 0.4) is 0 Å². The molecule has 1 atom stereocenters. The van der Waals surface area contributed by atoms with Gasteiger partial charge in [0, 0.05) is 12.6 Å². The van der Waals surface area contributed by atoms with Crippen molar-refractivity contribution >= 4 is 0 Å². The van der Waals surface area contributed by atoms with E-state index in [2.05, 4.69) is 74.3 Å². The van der Waals surface area contributed by atoms with Gasteiger partial charge in [0.2, 0.25) is 0 Å². The Bertz CT molecular complexity index is 409. The molecule has 0 fully saturated rings. The molecule has 0 aromatic heterocycles. The number of rotatable bonds is 13. The average Bonchev–Trinajstić information content (AvgIpc) is 2.47. The molecule has 164 valence electrons. The van der Waals surface area contributed by atoms with Crippen LogP contribution < -0.4 is 5.73 Å². The first-order chi connectivity index (χ1) is 12.0. The molecule has 0 aliphatic heterocycles. The quantitative estimate of drug-likeness (QED) is 0.461. The lowest BCUT2D eigenvalue weighted by Crippen LogP contribution is -2.40. The molecule has 0 radical (unpaired) electrons. The Morgan fingerprint density at radius 3 is 1.78 bits per heavy atom. The summed E-state index contributed by atoms with van der Waals surface area (Å²) in [7, 11) is 2.19. The van der Waals surface area contributed by atoms with Gasteiger partial charge in [-0.1, -0.05) is 62.3 Å². The first kappa shape index (κ1) is 26.8. The van der Waals surface area contributed by atoms with E-state index in [9.17, 15) is 0 Å². The number of likely N-dealkylation sites (N-methyl/N-ethyl adjacent to an activating group) is 1. The highest BCUT2D eigenvalue weighted by atomic mass is 16.5. The number of nitrogens with two attached hydrogens (primary N) is 1. The van der Waals surface area contributed by atoms with Gasteiger partial charge >= 0.3 is 0 Å². The van der Waals surface area contributed by atoms with Crippen LogP contribution in [0.4, 0.5) is 0 Å². The maximum Gasteiger partial charge on any atom is 0.0615 e. The van der Waals surface area contributed by atoms with E-state index in [4.69, 9.17) is 15.2 Å². The second kappa shape index (κ2) is 10.6. The highest BCUT2D eigenvalue weighted by molar-refractivity contribution is 4.87. The third-order valence-corrected chi connectivity index (χ3v) is 6.90. The van der Waals surface area contributed by atoms with Gasteiger partial charge in [-0.3, -0.25) is 0 Å². The minimum Gasteiger partial charge on any atom is -0.380 e. The summed E-state index contributed by atoms with van der Waals surface area (Å²) in [5.41, 5.74) is 6.52. The molecule has 0 heterocycles. The summed E-state index contributed by atoms with van der Waals surface area (Å²) in [4.78, 5) is 2.38. The lowest BCUT2D eigenvalue weighted by Gasteiger charge is -2.42. The number of ether oxygens (including phenoxy) is 2. The van der Waals surface area contributed by atoms with E-state index in [1.165, 1.54) is 0 Å². The van der Waals surface area contributed by atoms with E-state index >= 15 is 0 Å². The summed E-state index contributed by atoms with van der Waals surface area (Å²) in [6, 6.07) is 0.0957. The maximum atomic E-state index is 6.00. The van der Waals surface area contributed by atoms with E-state index < -0.39 is 0 Å². The smallest absolute Gasteiger partial charge is 0.0615 e. The van der Waals surface area contributed by atoms with Gasteiger partial charge in [-0.05, 0) is 48.6 Å². The fourth-order valence-corrected chi connectivity index (χ4v) is 2.38. The van der Waals surface area contributed by atoms with Crippen molar-refractivity contribution in [1.29, 1.82) is 0 Å². The van der Waals surface area contributed by atoms with Gasteiger partial charge in [0.25, 0.3) is 0 Å². The molecule has 0 aromatic rings. The molecular formula is C23H50N2O2. The highest BCUT2D eigenvalue weighted by Gasteiger charge is 2.37. The Balaban J connectivity index is 4.26. The van der Waals surface area contributed by atoms with Gasteiger partial charge in [0.15, 0.2) is 0 Å². The van der Waals surface area contributed by atoms with Crippen LogP contribution in [0.15, 0.2) is 0 Å². The van der Waals surface area contributed by atoms with E-state index in [0.717, 1.165) is 39.3 Å². The van der Waals surface area contributed by atoms with Crippen molar-refractivity contribution in [3.05, 3.63) is 0 Å². The Hall–Kier alpha value is -0.160. The number of nitrogens with zero attached hydrogens (tertiary/aromatic N) is 1. The molecule has 0 aromatic carbocycles. The molecule has 0 saturated heterocycles. The first-order valence-corrected chi connectivity index (χ1v) is 10.6. The van der Waals surface area contributed by atoms with Crippen LogP contribution in [-0.4, -0.2) is 57.5 Å².